The standard InChI is InChI=1S/C39H50O8/c1-25(2)37(41)45-20-18-33-35(31-14-10-28(7)11-15-31)32(24-47-39(43)27(5)6)23-34(30-16-12-29(13-17-30)9-8-19-40)36(33)44-21-22-46-38(42)26(3)4/h12-13,16-17,23,28,31,40H,1,3,5,8-11,14-15,18-22,24H2,2,4,6-7H3. The first-order valence-corrected chi connectivity index (χ1v) is 16.4. The molecule has 0 radical (unpaired) electrons. The Balaban J connectivity index is 2.20. The maximum absolute atomic E-state index is 12.6. The number of aryl methyl sites for hydroxylation is 1. The molecule has 2 aromatic carbocycles. The summed E-state index contributed by atoms with van der Waals surface area (Å²) in [5.74, 6) is -0.0502. The van der Waals surface area contributed by atoms with Gasteiger partial charge in [-0.3, -0.25) is 0 Å². The van der Waals surface area contributed by atoms with Crippen LogP contribution in [-0.2, 0) is 48.0 Å². The molecule has 0 unspecified atom stereocenters. The zero-order valence-electron chi connectivity index (χ0n) is 28.5. The molecule has 8 heteroatoms. The lowest BCUT2D eigenvalue weighted by atomic mass is 9.75. The Hall–Kier alpha value is -4.17. The molecule has 1 N–H and O–H groups in total. The highest BCUT2D eigenvalue weighted by molar-refractivity contribution is 5.88. The number of esters is 3. The van der Waals surface area contributed by atoms with E-state index < -0.39 is 17.9 Å². The number of ether oxygens (including phenoxy) is 4. The largest absolute Gasteiger partial charge is 0.489 e. The lowest BCUT2D eigenvalue weighted by Gasteiger charge is -2.32. The molecule has 0 atom stereocenters. The maximum atomic E-state index is 12.6. The molecule has 47 heavy (non-hydrogen) atoms. The quantitative estimate of drug-likeness (QED) is 0.0823. The van der Waals surface area contributed by atoms with Gasteiger partial charge in [-0.1, -0.05) is 63.8 Å². The molecule has 0 aliphatic heterocycles. The highest BCUT2D eigenvalue weighted by atomic mass is 16.6. The molecule has 8 nitrogen and oxygen atoms in total. The SMILES string of the molecule is C=C(C)C(=O)OCCOc1c(-c2ccc(CCCO)cc2)cc(COC(=O)C(=C)C)c(C2CCC(C)CC2)c1CCOC(=O)C(=C)C. The summed E-state index contributed by atoms with van der Waals surface area (Å²) < 4.78 is 23.2. The maximum Gasteiger partial charge on any atom is 0.333 e. The number of hydrogen-bond donors (Lipinski definition) is 1. The number of hydrogen-bond acceptors (Lipinski definition) is 8. The van der Waals surface area contributed by atoms with Gasteiger partial charge in [0.15, 0.2) is 0 Å². The molecule has 1 aliphatic carbocycles. The molecular formula is C39H50O8. The van der Waals surface area contributed by atoms with Gasteiger partial charge in [0.05, 0.1) is 6.61 Å². The summed E-state index contributed by atoms with van der Waals surface area (Å²) in [5, 5.41) is 9.30. The molecule has 1 saturated carbocycles. The molecule has 1 aliphatic rings. The van der Waals surface area contributed by atoms with Gasteiger partial charge in [0, 0.05) is 40.9 Å². The van der Waals surface area contributed by atoms with Crippen LogP contribution in [0, 0.1) is 5.92 Å². The van der Waals surface area contributed by atoms with Crippen LogP contribution in [0.4, 0.5) is 0 Å². The third-order valence-corrected chi connectivity index (χ3v) is 8.37. The fraction of sp³-hybridized carbons (Fsp3) is 0.462. The fourth-order valence-corrected chi connectivity index (χ4v) is 5.77. The predicted molar refractivity (Wildman–Crippen MR) is 183 cm³/mol. The van der Waals surface area contributed by atoms with Crippen molar-refractivity contribution < 1.29 is 38.4 Å². The highest BCUT2D eigenvalue weighted by Crippen LogP contribution is 2.45. The number of aliphatic hydroxyl groups is 1. The fourth-order valence-electron chi connectivity index (χ4n) is 5.77. The Kier molecular flexibility index (Phi) is 14.5. The summed E-state index contributed by atoms with van der Waals surface area (Å²) in [6, 6.07) is 10.1. The third kappa shape index (κ3) is 11.0. The monoisotopic (exact) mass is 646 g/mol. The third-order valence-electron chi connectivity index (χ3n) is 8.37. The Labute approximate surface area is 279 Å². The van der Waals surface area contributed by atoms with Gasteiger partial charge in [0.25, 0.3) is 0 Å². The van der Waals surface area contributed by atoms with Crippen molar-refractivity contribution in [2.45, 2.75) is 85.2 Å². The molecule has 0 amide bonds. The molecule has 0 aromatic heterocycles. The van der Waals surface area contributed by atoms with Gasteiger partial charge in [-0.05, 0) is 86.6 Å². The molecule has 0 saturated heterocycles. The first-order chi connectivity index (χ1) is 22.4. The Morgan fingerprint density at radius 1 is 0.787 bits per heavy atom. The van der Waals surface area contributed by atoms with Crippen molar-refractivity contribution in [3.05, 3.63) is 89.0 Å². The number of rotatable bonds is 17. The minimum absolute atomic E-state index is 0.0174. The lowest BCUT2D eigenvalue weighted by Crippen LogP contribution is -2.19. The van der Waals surface area contributed by atoms with Gasteiger partial charge >= 0.3 is 17.9 Å². The van der Waals surface area contributed by atoms with Crippen LogP contribution >= 0.6 is 0 Å². The van der Waals surface area contributed by atoms with E-state index in [4.69, 9.17) is 18.9 Å². The Bertz CT molecular complexity index is 1440. The second kappa shape index (κ2) is 18.2. The molecule has 2 aromatic rings. The molecular weight excluding hydrogens is 596 g/mol. The van der Waals surface area contributed by atoms with E-state index >= 15 is 0 Å². The van der Waals surface area contributed by atoms with Gasteiger partial charge in [0.2, 0.25) is 0 Å². The van der Waals surface area contributed by atoms with Crippen LogP contribution in [0.2, 0.25) is 0 Å². The van der Waals surface area contributed by atoms with E-state index in [1.54, 1.807) is 20.8 Å². The van der Waals surface area contributed by atoms with Gasteiger partial charge in [-0.25, -0.2) is 14.4 Å². The van der Waals surface area contributed by atoms with E-state index in [0.717, 1.165) is 65.5 Å². The van der Waals surface area contributed by atoms with E-state index in [-0.39, 0.29) is 39.0 Å². The van der Waals surface area contributed by atoms with Crippen molar-refractivity contribution >= 4 is 17.9 Å². The second-order valence-corrected chi connectivity index (χ2v) is 12.6. The summed E-state index contributed by atoms with van der Waals surface area (Å²) in [6.45, 7) is 18.5. The van der Waals surface area contributed by atoms with Crippen LogP contribution in [0.25, 0.3) is 11.1 Å². The van der Waals surface area contributed by atoms with E-state index in [9.17, 15) is 19.5 Å². The first kappa shape index (κ1) is 37.3. The number of carbonyl (C=O) groups excluding carboxylic acids is 3. The van der Waals surface area contributed by atoms with Gasteiger partial charge < -0.3 is 24.1 Å². The summed E-state index contributed by atoms with van der Waals surface area (Å²) >= 11 is 0. The molecule has 1 fully saturated rings. The van der Waals surface area contributed by atoms with Crippen molar-refractivity contribution in [3.63, 3.8) is 0 Å². The zero-order chi connectivity index (χ0) is 34.5. The molecule has 0 bridgehead atoms. The van der Waals surface area contributed by atoms with Crippen LogP contribution in [0.3, 0.4) is 0 Å². The summed E-state index contributed by atoms with van der Waals surface area (Å²) in [4.78, 5) is 37.1. The van der Waals surface area contributed by atoms with Gasteiger partial charge in [-0.2, -0.15) is 0 Å². The minimum Gasteiger partial charge on any atom is -0.489 e. The van der Waals surface area contributed by atoms with E-state index in [1.807, 2.05) is 30.3 Å². The summed E-state index contributed by atoms with van der Waals surface area (Å²) in [6.07, 6.45) is 5.79. The van der Waals surface area contributed by atoms with Crippen molar-refractivity contribution in [2.24, 2.45) is 5.92 Å². The van der Waals surface area contributed by atoms with Gasteiger partial charge in [-0.15, -0.1) is 0 Å². The van der Waals surface area contributed by atoms with Crippen molar-refractivity contribution in [3.8, 4) is 16.9 Å². The molecule has 0 spiro atoms. The van der Waals surface area contributed by atoms with Crippen LogP contribution in [-0.4, -0.2) is 49.4 Å². The van der Waals surface area contributed by atoms with Crippen LogP contribution in [0.5, 0.6) is 5.75 Å². The van der Waals surface area contributed by atoms with Crippen molar-refractivity contribution in [1.29, 1.82) is 0 Å². The zero-order valence-corrected chi connectivity index (χ0v) is 28.5. The highest BCUT2D eigenvalue weighted by Gasteiger charge is 2.29. The van der Waals surface area contributed by atoms with E-state index in [0.29, 0.717) is 41.2 Å². The van der Waals surface area contributed by atoms with Crippen LogP contribution < -0.4 is 4.74 Å². The number of aliphatic hydroxyl groups excluding tert-OH is 1. The summed E-state index contributed by atoms with van der Waals surface area (Å²) in [7, 11) is 0. The normalized spacial score (nSPS) is 15.8. The Morgan fingerprint density at radius 3 is 1.94 bits per heavy atom. The molecule has 0 heterocycles. The first-order valence-electron chi connectivity index (χ1n) is 16.4. The number of carbonyl (C=O) groups is 3. The lowest BCUT2D eigenvalue weighted by molar-refractivity contribution is -0.140. The second-order valence-electron chi connectivity index (χ2n) is 12.6. The smallest absolute Gasteiger partial charge is 0.333 e. The molecule has 3 rings (SSSR count). The van der Waals surface area contributed by atoms with Crippen molar-refractivity contribution in [2.75, 3.05) is 26.4 Å². The topological polar surface area (TPSA) is 108 Å². The molecule has 254 valence electrons. The predicted octanol–water partition coefficient (Wildman–Crippen LogP) is 7.35. The van der Waals surface area contributed by atoms with Crippen LogP contribution in [0.1, 0.15) is 88.0 Å². The van der Waals surface area contributed by atoms with E-state index in [2.05, 4.69) is 26.7 Å². The van der Waals surface area contributed by atoms with Crippen molar-refractivity contribution in [1.82, 2.24) is 0 Å². The average Bonchev–Trinajstić information content (AvgIpc) is 3.05. The minimum atomic E-state index is -0.495. The number of benzene rings is 2. The summed E-state index contributed by atoms with van der Waals surface area (Å²) in [5.41, 5.74) is 6.44. The van der Waals surface area contributed by atoms with Crippen LogP contribution in [0.15, 0.2) is 66.8 Å². The average molecular weight is 647 g/mol. The Morgan fingerprint density at radius 2 is 1.36 bits per heavy atom. The van der Waals surface area contributed by atoms with E-state index in [1.165, 1.54) is 0 Å². The van der Waals surface area contributed by atoms with Gasteiger partial charge in [0.1, 0.15) is 25.6 Å².